The highest BCUT2D eigenvalue weighted by Crippen LogP contribution is 2.10. The Bertz CT molecular complexity index is 479. The van der Waals surface area contributed by atoms with Gasteiger partial charge in [0.1, 0.15) is 3.70 Å². The van der Waals surface area contributed by atoms with Gasteiger partial charge in [0, 0.05) is 18.8 Å². The second kappa shape index (κ2) is 4.57. The molecule has 0 saturated carbocycles. The fourth-order valence-corrected chi connectivity index (χ4v) is 2.05. The molecule has 0 radical (unpaired) electrons. The van der Waals surface area contributed by atoms with Crippen molar-refractivity contribution in [3.63, 3.8) is 0 Å². The predicted octanol–water partition coefficient (Wildman–Crippen LogP) is 2.14. The van der Waals surface area contributed by atoms with E-state index in [1.54, 1.807) is 0 Å². The van der Waals surface area contributed by atoms with E-state index in [0.717, 1.165) is 22.4 Å². The van der Waals surface area contributed by atoms with E-state index in [9.17, 15) is 0 Å². The molecule has 0 atom stereocenters. The standard InChI is InChI=1S/C11H15IN4/c1-4-9-5-10(15(3)13-9)7-16-6-8(2)11(12)14-16/h5-6H,4,7H2,1-3H3. The van der Waals surface area contributed by atoms with E-state index in [2.05, 4.69) is 58.9 Å². The van der Waals surface area contributed by atoms with Gasteiger partial charge < -0.3 is 0 Å². The topological polar surface area (TPSA) is 35.6 Å². The first-order valence-corrected chi connectivity index (χ1v) is 6.39. The summed E-state index contributed by atoms with van der Waals surface area (Å²) < 4.78 is 4.96. The van der Waals surface area contributed by atoms with Crippen LogP contribution in [0.3, 0.4) is 0 Å². The normalized spacial score (nSPS) is 11.0. The molecule has 16 heavy (non-hydrogen) atoms. The van der Waals surface area contributed by atoms with Crippen LogP contribution in [0.5, 0.6) is 0 Å². The first-order chi connectivity index (χ1) is 7.60. The Balaban J connectivity index is 2.23. The smallest absolute Gasteiger partial charge is 0.126 e. The van der Waals surface area contributed by atoms with Gasteiger partial charge in [-0.2, -0.15) is 10.2 Å². The molecule has 0 aliphatic rings. The van der Waals surface area contributed by atoms with Crippen LogP contribution >= 0.6 is 22.6 Å². The maximum Gasteiger partial charge on any atom is 0.126 e. The highest BCUT2D eigenvalue weighted by atomic mass is 127. The average molecular weight is 330 g/mol. The fourth-order valence-electron chi connectivity index (χ4n) is 1.64. The fraction of sp³-hybridized carbons (Fsp3) is 0.455. The molecule has 5 heteroatoms. The molecule has 0 fully saturated rings. The SMILES string of the molecule is CCc1cc(Cn2cc(C)c(I)n2)n(C)n1. The van der Waals surface area contributed by atoms with Crippen LogP contribution in [0.2, 0.25) is 0 Å². The van der Waals surface area contributed by atoms with E-state index < -0.39 is 0 Å². The lowest BCUT2D eigenvalue weighted by molar-refractivity contribution is 0.615. The molecule has 0 aromatic carbocycles. The largest absolute Gasteiger partial charge is 0.270 e. The zero-order valence-electron chi connectivity index (χ0n) is 9.74. The van der Waals surface area contributed by atoms with E-state index in [1.807, 2.05) is 16.4 Å². The van der Waals surface area contributed by atoms with Gasteiger partial charge in [0.2, 0.25) is 0 Å². The van der Waals surface area contributed by atoms with Gasteiger partial charge in [-0.1, -0.05) is 6.92 Å². The predicted molar refractivity (Wildman–Crippen MR) is 71.4 cm³/mol. The first kappa shape index (κ1) is 11.6. The van der Waals surface area contributed by atoms with Gasteiger partial charge in [-0.3, -0.25) is 9.36 Å². The van der Waals surface area contributed by atoms with Crippen LogP contribution in [0, 0.1) is 10.6 Å². The van der Waals surface area contributed by atoms with E-state index in [0.29, 0.717) is 0 Å². The van der Waals surface area contributed by atoms with Crippen molar-refractivity contribution in [2.75, 3.05) is 0 Å². The molecular formula is C11H15IN4. The monoisotopic (exact) mass is 330 g/mol. The highest BCUT2D eigenvalue weighted by Gasteiger charge is 2.06. The Hall–Kier alpha value is -0.850. The zero-order valence-corrected chi connectivity index (χ0v) is 11.9. The lowest BCUT2D eigenvalue weighted by atomic mass is 10.3. The van der Waals surface area contributed by atoms with Gasteiger partial charge in [0.05, 0.1) is 17.9 Å². The summed E-state index contributed by atoms with van der Waals surface area (Å²) in [5.74, 6) is 0. The van der Waals surface area contributed by atoms with Crippen LogP contribution in [0.1, 0.15) is 23.9 Å². The minimum atomic E-state index is 0.785. The number of halogens is 1. The molecule has 2 aromatic rings. The first-order valence-electron chi connectivity index (χ1n) is 5.31. The molecule has 0 unspecified atom stereocenters. The summed E-state index contributed by atoms with van der Waals surface area (Å²) in [7, 11) is 1.98. The van der Waals surface area contributed by atoms with Gasteiger partial charge >= 0.3 is 0 Å². The number of hydrogen-bond donors (Lipinski definition) is 0. The van der Waals surface area contributed by atoms with Crippen molar-refractivity contribution in [2.24, 2.45) is 7.05 Å². The molecule has 2 aromatic heterocycles. The van der Waals surface area contributed by atoms with E-state index >= 15 is 0 Å². The summed E-state index contributed by atoms with van der Waals surface area (Å²) in [4.78, 5) is 0. The van der Waals surface area contributed by atoms with Crippen molar-refractivity contribution in [3.8, 4) is 0 Å². The van der Waals surface area contributed by atoms with Crippen molar-refractivity contribution >= 4 is 22.6 Å². The van der Waals surface area contributed by atoms with Crippen LogP contribution in [-0.2, 0) is 20.0 Å². The summed E-state index contributed by atoms with van der Waals surface area (Å²) in [6, 6.07) is 2.14. The second-order valence-corrected chi connectivity index (χ2v) is 4.93. The van der Waals surface area contributed by atoms with Crippen LogP contribution in [-0.4, -0.2) is 19.6 Å². The summed E-state index contributed by atoms with van der Waals surface area (Å²) in [6.07, 6.45) is 3.05. The maximum atomic E-state index is 4.44. The van der Waals surface area contributed by atoms with Gasteiger partial charge in [-0.15, -0.1) is 0 Å². The third kappa shape index (κ3) is 2.28. The Labute approximate surface area is 109 Å². The van der Waals surface area contributed by atoms with Crippen molar-refractivity contribution < 1.29 is 0 Å². The van der Waals surface area contributed by atoms with E-state index in [4.69, 9.17) is 0 Å². The number of hydrogen-bond acceptors (Lipinski definition) is 2. The Morgan fingerprint density at radius 2 is 2.12 bits per heavy atom. The molecule has 0 spiro atoms. The molecule has 0 aliphatic carbocycles. The van der Waals surface area contributed by atoms with E-state index in [1.165, 1.54) is 11.3 Å². The summed E-state index contributed by atoms with van der Waals surface area (Å²) >= 11 is 2.25. The lowest BCUT2D eigenvalue weighted by Gasteiger charge is -2.01. The number of aryl methyl sites for hydroxylation is 3. The summed E-state index contributed by atoms with van der Waals surface area (Å²) in [5, 5.41) is 8.87. The molecule has 0 N–H and O–H groups in total. The Kier molecular flexibility index (Phi) is 3.32. The van der Waals surface area contributed by atoms with Crippen molar-refractivity contribution in [2.45, 2.75) is 26.8 Å². The van der Waals surface area contributed by atoms with Gasteiger partial charge in [-0.05, 0) is 42.0 Å². The molecule has 2 rings (SSSR count). The van der Waals surface area contributed by atoms with Gasteiger partial charge in [-0.25, -0.2) is 0 Å². The zero-order chi connectivity index (χ0) is 11.7. The molecule has 4 nitrogen and oxygen atoms in total. The molecular weight excluding hydrogens is 315 g/mol. The number of nitrogens with zero attached hydrogens (tertiary/aromatic N) is 4. The summed E-state index contributed by atoms with van der Waals surface area (Å²) in [5.41, 5.74) is 3.55. The average Bonchev–Trinajstić information content (AvgIpc) is 2.73. The van der Waals surface area contributed by atoms with Crippen molar-refractivity contribution in [1.82, 2.24) is 19.6 Å². The van der Waals surface area contributed by atoms with Crippen LogP contribution in [0.15, 0.2) is 12.3 Å². The van der Waals surface area contributed by atoms with Crippen molar-refractivity contribution in [3.05, 3.63) is 32.9 Å². The number of rotatable bonds is 3. The minimum absolute atomic E-state index is 0.785. The molecule has 2 heterocycles. The minimum Gasteiger partial charge on any atom is -0.270 e. The molecule has 0 saturated heterocycles. The second-order valence-electron chi connectivity index (χ2n) is 3.90. The van der Waals surface area contributed by atoms with Crippen LogP contribution in [0.25, 0.3) is 0 Å². The molecule has 0 aliphatic heterocycles. The van der Waals surface area contributed by atoms with Gasteiger partial charge in [0.25, 0.3) is 0 Å². The highest BCUT2D eigenvalue weighted by molar-refractivity contribution is 14.1. The third-order valence-corrected chi connectivity index (χ3v) is 3.66. The molecule has 86 valence electrons. The molecule has 0 amide bonds. The van der Waals surface area contributed by atoms with Gasteiger partial charge in [0.15, 0.2) is 0 Å². The Morgan fingerprint density at radius 1 is 1.38 bits per heavy atom. The summed E-state index contributed by atoms with van der Waals surface area (Å²) in [6.45, 7) is 4.98. The third-order valence-electron chi connectivity index (χ3n) is 2.60. The van der Waals surface area contributed by atoms with E-state index in [-0.39, 0.29) is 0 Å². The van der Waals surface area contributed by atoms with Crippen LogP contribution in [0.4, 0.5) is 0 Å². The molecule has 0 bridgehead atoms. The van der Waals surface area contributed by atoms with Crippen molar-refractivity contribution in [1.29, 1.82) is 0 Å². The maximum absolute atomic E-state index is 4.44. The quantitative estimate of drug-likeness (QED) is 0.809. The van der Waals surface area contributed by atoms with Crippen LogP contribution < -0.4 is 0 Å². The Morgan fingerprint density at radius 3 is 2.62 bits per heavy atom. The lowest BCUT2D eigenvalue weighted by Crippen LogP contribution is -2.06. The number of aromatic nitrogens is 4.